The lowest BCUT2D eigenvalue weighted by atomic mass is 9.95. The van der Waals surface area contributed by atoms with E-state index in [2.05, 4.69) is 52.1 Å². The summed E-state index contributed by atoms with van der Waals surface area (Å²) in [6, 6.07) is 13.9. The van der Waals surface area contributed by atoms with E-state index in [0.717, 1.165) is 31.6 Å². The van der Waals surface area contributed by atoms with Gasteiger partial charge in [-0.1, -0.05) is 18.2 Å². The first-order valence-electron chi connectivity index (χ1n) is 12.4. The zero-order valence-electron chi connectivity index (χ0n) is 20.4. The lowest BCUT2D eigenvalue weighted by Crippen LogP contribution is -2.53. The predicted molar refractivity (Wildman–Crippen MR) is 135 cm³/mol. The predicted octanol–water partition coefficient (Wildman–Crippen LogP) is 3.29. The van der Waals surface area contributed by atoms with Gasteiger partial charge in [0, 0.05) is 51.2 Å². The summed E-state index contributed by atoms with van der Waals surface area (Å²) in [7, 11) is 0. The standard InChI is InChI=1S/C27H32N6O2/c1-19-8-9-20(2)25(16-19)31-12-14-32(15-13-31)26(34)21-6-5-11-33(18-21)27(35)24-17-23(29-30-24)22-7-3-4-10-28-22/h3-4,7-10,16-17,21H,5-6,11-15,18H2,1-2H3,(H,29,30)/t21-/m0/s1. The zero-order chi connectivity index (χ0) is 24.4. The van der Waals surface area contributed by atoms with Crippen LogP contribution in [0.3, 0.4) is 0 Å². The number of hydrogen-bond donors (Lipinski definition) is 1. The Kier molecular flexibility index (Phi) is 6.53. The van der Waals surface area contributed by atoms with Crippen LogP contribution in [0.2, 0.25) is 0 Å². The highest BCUT2D eigenvalue weighted by Gasteiger charge is 2.33. The van der Waals surface area contributed by atoms with Gasteiger partial charge in [-0.05, 0) is 62.1 Å². The van der Waals surface area contributed by atoms with Crippen molar-refractivity contribution in [3.8, 4) is 11.4 Å². The van der Waals surface area contributed by atoms with Gasteiger partial charge in [-0.3, -0.25) is 19.7 Å². The van der Waals surface area contributed by atoms with Gasteiger partial charge in [-0.2, -0.15) is 5.10 Å². The van der Waals surface area contributed by atoms with Gasteiger partial charge < -0.3 is 14.7 Å². The summed E-state index contributed by atoms with van der Waals surface area (Å²) in [6.07, 6.45) is 3.35. The fourth-order valence-corrected chi connectivity index (χ4v) is 5.10. The first-order chi connectivity index (χ1) is 17.0. The molecule has 3 aromatic rings. The third kappa shape index (κ3) is 4.92. The Hall–Kier alpha value is -3.68. The first-order valence-corrected chi connectivity index (χ1v) is 12.4. The van der Waals surface area contributed by atoms with Crippen LogP contribution >= 0.6 is 0 Å². The summed E-state index contributed by atoms with van der Waals surface area (Å²) in [5, 5.41) is 7.11. The number of anilines is 1. The number of aryl methyl sites for hydroxylation is 2. The van der Waals surface area contributed by atoms with Crippen molar-refractivity contribution in [2.24, 2.45) is 5.92 Å². The maximum Gasteiger partial charge on any atom is 0.271 e. The average molecular weight is 473 g/mol. The molecule has 0 bridgehead atoms. The van der Waals surface area contributed by atoms with E-state index in [-0.39, 0.29) is 17.7 Å². The molecule has 5 rings (SSSR count). The Labute approximate surface area is 205 Å². The van der Waals surface area contributed by atoms with Gasteiger partial charge in [0.1, 0.15) is 11.4 Å². The first kappa shape index (κ1) is 23.1. The summed E-state index contributed by atoms with van der Waals surface area (Å²) in [4.78, 5) is 36.9. The van der Waals surface area contributed by atoms with Gasteiger partial charge >= 0.3 is 0 Å². The van der Waals surface area contributed by atoms with Crippen molar-refractivity contribution in [2.45, 2.75) is 26.7 Å². The van der Waals surface area contributed by atoms with Crippen LogP contribution in [0.4, 0.5) is 5.69 Å². The minimum absolute atomic E-state index is 0.114. The number of nitrogens with zero attached hydrogens (tertiary/aromatic N) is 5. The maximum atomic E-state index is 13.4. The Morgan fingerprint density at radius 2 is 1.77 bits per heavy atom. The molecule has 8 nitrogen and oxygen atoms in total. The molecule has 2 aliphatic heterocycles. The van der Waals surface area contributed by atoms with E-state index in [9.17, 15) is 9.59 Å². The van der Waals surface area contributed by atoms with Gasteiger partial charge in [0.2, 0.25) is 5.91 Å². The van der Waals surface area contributed by atoms with E-state index in [1.165, 1.54) is 16.8 Å². The molecule has 0 unspecified atom stereocenters. The second-order valence-electron chi connectivity index (χ2n) is 9.57. The molecule has 0 aliphatic carbocycles. The largest absolute Gasteiger partial charge is 0.368 e. The van der Waals surface area contributed by atoms with Crippen molar-refractivity contribution in [1.29, 1.82) is 0 Å². The van der Waals surface area contributed by atoms with Crippen LogP contribution in [0.5, 0.6) is 0 Å². The number of H-pyrrole nitrogens is 1. The van der Waals surface area contributed by atoms with Gasteiger partial charge in [-0.15, -0.1) is 0 Å². The van der Waals surface area contributed by atoms with E-state index in [1.807, 2.05) is 23.1 Å². The summed E-state index contributed by atoms with van der Waals surface area (Å²) in [6.45, 7) is 8.44. The van der Waals surface area contributed by atoms with E-state index < -0.39 is 0 Å². The second kappa shape index (κ2) is 9.90. The molecule has 0 spiro atoms. The molecule has 2 amide bonds. The Morgan fingerprint density at radius 1 is 0.943 bits per heavy atom. The molecule has 35 heavy (non-hydrogen) atoms. The molecule has 0 saturated carbocycles. The van der Waals surface area contributed by atoms with Crippen molar-refractivity contribution in [1.82, 2.24) is 25.0 Å². The number of pyridine rings is 1. The Balaban J connectivity index is 1.19. The van der Waals surface area contributed by atoms with E-state index in [0.29, 0.717) is 37.6 Å². The number of hydrogen-bond acceptors (Lipinski definition) is 5. The van der Waals surface area contributed by atoms with Gasteiger partial charge in [0.15, 0.2) is 0 Å². The molecule has 2 saturated heterocycles. The highest BCUT2D eigenvalue weighted by molar-refractivity contribution is 5.94. The molecule has 182 valence electrons. The molecule has 1 atom stereocenters. The summed E-state index contributed by atoms with van der Waals surface area (Å²) < 4.78 is 0. The van der Waals surface area contributed by atoms with E-state index in [4.69, 9.17) is 0 Å². The molecule has 8 heteroatoms. The van der Waals surface area contributed by atoms with Crippen LogP contribution in [0.25, 0.3) is 11.4 Å². The molecule has 1 aromatic carbocycles. The second-order valence-corrected chi connectivity index (χ2v) is 9.57. The topological polar surface area (TPSA) is 85.4 Å². The number of piperazine rings is 1. The third-order valence-electron chi connectivity index (χ3n) is 7.09. The minimum Gasteiger partial charge on any atom is -0.368 e. The van der Waals surface area contributed by atoms with Crippen molar-refractivity contribution < 1.29 is 9.59 Å². The highest BCUT2D eigenvalue weighted by atomic mass is 16.2. The molecule has 1 N–H and O–H groups in total. The number of carbonyl (C=O) groups is 2. The monoisotopic (exact) mass is 472 g/mol. The quantitative estimate of drug-likeness (QED) is 0.630. The van der Waals surface area contributed by atoms with Crippen LogP contribution in [0, 0.1) is 19.8 Å². The highest BCUT2D eigenvalue weighted by Crippen LogP contribution is 2.25. The van der Waals surface area contributed by atoms with Crippen LogP contribution in [0.15, 0.2) is 48.7 Å². The number of aromatic nitrogens is 3. The number of amides is 2. The lowest BCUT2D eigenvalue weighted by molar-refractivity contribution is -0.137. The third-order valence-corrected chi connectivity index (χ3v) is 7.09. The van der Waals surface area contributed by atoms with Crippen molar-refractivity contribution in [2.75, 3.05) is 44.2 Å². The SMILES string of the molecule is Cc1ccc(C)c(N2CCN(C(=O)[C@H]3CCCN(C(=O)c4cc(-c5ccccn5)n[nH]4)C3)CC2)c1. The normalized spacial score (nSPS) is 18.6. The number of rotatable bonds is 4. The van der Waals surface area contributed by atoms with E-state index >= 15 is 0 Å². The van der Waals surface area contributed by atoms with Crippen LogP contribution in [-0.2, 0) is 4.79 Å². The number of aromatic amines is 1. The zero-order valence-corrected chi connectivity index (χ0v) is 20.4. The van der Waals surface area contributed by atoms with Crippen molar-refractivity contribution >= 4 is 17.5 Å². The van der Waals surface area contributed by atoms with Crippen LogP contribution in [0.1, 0.15) is 34.5 Å². The number of likely N-dealkylation sites (tertiary alicyclic amines) is 1. The van der Waals surface area contributed by atoms with Gasteiger partial charge in [-0.25, -0.2) is 0 Å². The summed E-state index contributed by atoms with van der Waals surface area (Å²) >= 11 is 0. The molecular weight excluding hydrogens is 440 g/mol. The lowest BCUT2D eigenvalue weighted by Gasteiger charge is -2.40. The summed E-state index contributed by atoms with van der Waals surface area (Å²) in [5.74, 6) is -0.100. The molecule has 2 aliphatic rings. The van der Waals surface area contributed by atoms with Crippen molar-refractivity contribution in [3.05, 3.63) is 65.5 Å². The number of carbonyl (C=O) groups excluding carboxylic acids is 2. The van der Waals surface area contributed by atoms with Gasteiger partial charge in [0.05, 0.1) is 11.6 Å². The number of nitrogens with one attached hydrogen (secondary N) is 1. The van der Waals surface area contributed by atoms with Crippen LogP contribution in [-0.4, -0.2) is 76.1 Å². The molecule has 2 fully saturated rings. The average Bonchev–Trinajstić information content (AvgIpc) is 3.40. The Morgan fingerprint density at radius 3 is 2.54 bits per heavy atom. The van der Waals surface area contributed by atoms with Gasteiger partial charge in [0.25, 0.3) is 5.91 Å². The molecule has 0 radical (unpaired) electrons. The van der Waals surface area contributed by atoms with E-state index in [1.54, 1.807) is 17.2 Å². The Bertz CT molecular complexity index is 1200. The fraction of sp³-hybridized carbons (Fsp3) is 0.407. The van der Waals surface area contributed by atoms with Crippen molar-refractivity contribution in [3.63, 3.8) is 0 Å². The molecular formula is C27H32N6O2. The number of piperidine rings is 1. The summed E-state index contributed by atoms with van der Waals surface area (Å²) in [5.41, 5.74) is 5.56. The smallest absolute Gasteiger partial charge is 0.271 e. The maximum absolute atomic E-state index is 13.4. The fourth-order valence-electron chi connectivity index (χ4n) is 5.10. The van der Waals surface area contributed by atoms with Crippen LogP contribution < -0.4 is 4.90 Å². The molecule has 4 heterocycles. The minimum atomic E-state index is -0.155. The number of benzene rings is 1. The molecule has 2 aromatic heterocycles.